The number of ether oxygens (including phenoxy) is 2. The first kappa shape index (κ1) is 18.1. The van der Waals surface area contributed by atoms with Crippen molar-refractivity contribution in [2.45, 2.75) is 32.7 Å². The molecular weight excluding hydrogens is 354 g/mol. The van der Waals surface area contributed by atoms with E-state index in [-0.39, 0.29) is 6.04 Å². The number of nitrogens with zero attached hydrogens (tertiary/aromatic N) is 3. The van der Waals surface area contributed by atoms with Crippen LogP contribution in [0.25, 0.3) is 11.0 Å². The average molecular weight is 375 g/mol. The number of carbonyl (C=O) groups excluding carboxylic acids is 1. The van der Waals surface area contributed by atoms with Crippen LogP contribution in [-0.4, -0.2) is 30.1 Å². The molecule has 1 aliphatic carbocycles. The second kappa shape index (κ2) is 6.68. The van der Waals surface area contributed by atoms with E-state index in [0.717, 1.165) is 52.6 Å². The lowest BCUT2D eigenvalue weighted by atomic mass is 10.1. The largest absolute Gasteiger partial charge is 0.493 e. The third-order valence-electron chi connectivity index (χ3n) is 5.57. The van der Waals surface area contributed by atoms with Gasteiger partial charge in [-0.2, -0.15) is 5.26 Å². The number of fused-ring (bicyclic) bond motifs is 2. The summed E-state index contributed by atoms with van der Waals surface area (Å²) < 4.78 is 13.0. The highest BCUT2D eigenvalue weighted by Gasteiger charge is 2.33. The van der Waals surface area contributed by atoms with Crippen LogP contribution >= 0.6 is 0 Å². The fourth-order valence-corrected chi connectivity index (χ4v) is 4.49. The Bertz CT molecular complexity index is 1150. The van der Waals surface area contributed by atoms with Crippen LogP contribution in [-0.2, 0) is 6.42 Å². The van der Waals surface area contributed by atoms with Crippen molar-refractivity contribution in [1.82, 2.24) is 9.55 Å². The predicted octanol–water partition coefficient (Wildman–Crippen LogP) is 3.89. The number of pyridine rings is 1. The molecule has 0 spiro atoms. The van der Waals surface area contributed by atoms with Gasteiger partial charge in [0.1, 0.15) is 17.4 Å². The molecule has 0 saturated carbocycles. The Kier molecular flexibility index (Phi) is 4.31. The molecule has 4 rings (SSSR count). The van der Waals surface area contributed by atoms with Crippen molar-refractivity contribution in [3.8, 4) is 17.6 Å². The number of carbonyl (C=O) groups is 1. The Morgan fingerprint density at radius 1 is 1.29 bits per heavy atom. The Morgan fingerprint density at radius 2 is 2.07 bits per heavy atom. The monoisotopic (exact) mass is 375 g/mol. The third kappa shape index (κ3) is 2.40. The number of aromatic nitrogens is 2. The first-order valence-corrected chi connectivity index (χ1v) is 9.16. The zero-order valence-corrected chi connectivity index (χ0v) is 16.4. The number of methoxy groups -OCH3 is 2. The van der Waals surface area contributed by atoms with Gasteiger partial charge in [0.2, 0.25) is 0 Å². The summed E-state index contributed by atoms with van der Waals surface area (Å²) in [5.74, 6) is 1.42. The molecular formula is C22H21N3O3. The van der Waals surface area contributed by atoms with Crippen LogP contribution in [0.2, 0.25) is 0 Å². The summed E-state index contributed by atoms with van der Waals surface area (Å²) in [6.45, 7) is 3.88. The van der Waals surface area contributed by atoms with Crippen LogP contribution in [0.5, 0.6) is 11.5 Å². The molecule has 142 valence electrons. The van der Waals surface area contributed by atoms with Gasteiger partial charge in [0.05, 0.1) is 25.8 Å². The summed E-state index contributed by atoms with van der Waals surface area (Å²) in [5.41, 5.74) is 5.42. The molecule has 1 aliphatic rings. The summed E-state index contributed by atoms with van der Waals surface area (Å²) in [6.07, 6.45) is 2.36. The number of benzene rings is 1. The first-order chi connectivity index (χ1) is 13.5. The van der Waals surface area contributed by atoms with Gasteiger partial charge in [-0.3, -0.25) is 4.79 Å². The van der Waals surface area contributed by atoms with Crippen LogP contribution in [0.1, 0.15) is 50.9 Å². The fourth-order valence-electron chi connectivity index (χ4n) is 4.49. The van der Waals surface area contributed by atoms with E-state index in [1.165, 1.54) is 0 Å². The zero-order chi connectivity index (χ0) is 20.0. The van der Waals surface area contributed by atoms with Crippen LogP contribution < -0.4 is 9.47 Å². The second-order valence-corrected chi connectivity index (χ2v) is 7.06. The lowest BCUT2D eigenvalue weighted by Gasteiger charge is -2.18. The van der Waals surface area contributed by atoms with Gasteiger partial charge in [0.15, 0.2) is 17.8 Å². The molecule has 6 heteroatoms. The molecule has 2 aromatic heterocycles. The lowest BCUT2D eigenvalue weighted by Crippen LogP contribution is -2.12. The zero-order valence-electron chi connectivity index (χ0n) is 16.4. The lowest BCUT2D eigenvalue weighted by molar-refractivity contribution is 0.111. The molecule has 1 aromatic carbocycles. The Hall–Kier alpha value is -3.33. The van der Waals surface area contributed by atoms with Gasteiger partial charge in [0.25, 0.3) is 0 Å². The van der Waals surface area contributed by atoms with E-state index >= 15 is 0 Å². The molecule has 1 atom stereocenters. The van der Waals surface area contributed by atoms with Crippen molar-refractivity contribution < 1.29 is 14.3 Å². The number of nitriles is 1. The van der Waals surface area contributed by atoms with Gasteiger partial charge in [-0.05, 0) is 49.9 Å². The number of hydrogen-bond donors (Lipinski definition) is 0. The summed E-state index contributed by atoms with van der Waals surface area (Å²) >= 11 is 0. The van der Waals surface area contributed by atoms with E-state index in [1.807, 2.05) is 36.6 Å². The normalized spacial score (nSPS) is 15.3. The minimum Gasteiger partial charge on any atom is -0.493 e. The topological polar surface area (TPSA) is 77.1 Å². The SMILES string of the molecule is COc1ccc2c(c1OC)CCC2n1c(C=O)c(C#N)c2c(C)cc(C)nc21. The van der Waals surface area contributed by atoms with Crippen LogP contribution in [0, 0.1) is 25.2 Å². The molecule has 0 aliphatic heterocycles. The summed E-state index contributed by atoms with van der Waals surface area (Å²) in [4.78, 5) is 16.7. The highest BCUT2D eigenvalue weighted by molar-refractivity contribution is 5.96. The number of hydrogen-bond acceptors (Lipinski definition) is 5. The van der Waals surface area contributed by atoms with Crippen molar-refractivity contribution >= 4 is 17.3 Å². The Morgan fingerprint density at radius 3 is 2.71 bits per heavy atom. The standard InChI is InChI=1S/C22H21N3O3/c1-12-9-13(2)24-22-20(12)16(10-23)18(11-26)25(22)17-7-5-15-14(17)6-8-19(27-3)21(15)28-4/h6,8-9,11,17H,5,7H2,1-4H3. The molecule has 6 nitrogen and oxygen atoms in total. The molecule has 0 radical (unpaired) electrons. The van der Waals surface area contributed by atoms with E-state index in [1.54, 1.807) is 14.2 Å². The quantitative estimate of drug-likeness (QED) is 0.647. The minimum absolute atomic E-state index is 0.0895. The van der Waals surface area contributed by atoms with Gasteiger partial charge >= 0.3 is 0 Å². The van der Waals surface area contributed by atoms with Crippen molar-refractivity contribution in [2.75, 3.05) is 14.2 Å². The highest BCUT2D eigenvalue weighted by Crippen LogP contribution is 2.45. The van der Waals surface area contributed by atoms with Gasteiger partial charge in [-0.1, -0.05) is 6.07 Å². The van der Waals surface area contributed by atoms with Gasteiger partial charge < -0.3 is 14.0 Å². The predicted molar refractivity (Wildman–Crippen MR) is 105 cm³/mol. The molecule has 1 unspecified atom stereocenters. The van der Waals surface area contributed by atoms with Crippen molar-refractivity contribution in [3.63, 3.8) is 0 Å². The molecule has 3 aromatic rings. The fraction of sp³-hybridized carbons (Fsp3) is 0.318. The van der Waals surface area contributed by atoms with Crippen molar-refractivity contribution in [1.29, 1.82) is 5.26 Å². The van der Waals surface area contributed by atoms with Crippen LogP contribution in [0.3, 0.4) is 0 Å². The summed E-state index contributed by atoms with van der Waals surface area (Å²) in [7, 11) is 3.25. The third-order valence-corrected chi connectivity index (χ3v) is 5.57. The Balaban J connectivity index is 2.03. The smallest absolute Gasteiger partial charge is 0.167 e. The maximum absolute atomic E-state index is 12.0. The molecule has 0 amide bonds. The second-order valence-electron chi connectivity index (χ2n) is 7.06. The number of rotatable bonds is 4. The van der Waals surface area contributed by atoms with E-state index < -0.39 is 0 Å². The number of aldehydes is 1. The van der Waals surface area contributed by atoms with Crippen LogP contribution in [0.15, 0.2) is 18.2 Å². The van der Waals surface area contributed by atoms with E-state index in [2.05, 4.69) is 6.07 Å². The Labute approximate surface area is 163 Å². The molecule has 0 fully saturated rings. The van der Waals surface area contributed by atoms with Gasteiger partial charge in [-0.25, -0.2) is 4.98 Å². The first-order valence-electron chi connectivity index (χ1n) is 9.16. The highest BCUT2D eigenvalue weighted by atomic mass is 16.5. The van der Waals surface area contributed by atoms with E-state index in [9.17, 15) is 10.1 Å². The summed E-state index contributed by atoms with van der Waals surface area (Å²) in [5, 5.41) is 10.5. The summed E-state index contributed by atoms with van der Waals surface area (Å²) in [6, 6.07) is 7.98. The number of aryl methyl sites for hydroxylation is 2. The van der Waals surface area contributed by atoms with Crippen molar-refractivity contribution in [3.05, 3.63) is 51.8 Å². The average Bonchev–Trinajstić information content (AvgIpc) is 3.24. The molecule has 0 N–H and O–H groups in total. The maximum atomic E-state index is 12.0. The van der Waals surface area contributed by atoms with E-state index in [0.29, 0.717) is 22.7 Å². The van der Waals surface area contributed by atoms with Crippen LogP contribution in [0.4, 0.5) is 0 Å². The van der Waals surface area contributed by atoms with Crippen molar-refractivity contribution in [2.24, 2.45) is 0 Å². The van der Waals surface area contributed by atoms with E-state index in [4.69, 9.17) is 14.5 Å². The van der Waals surface area contributed by atoms with Gasteiger partial charge in [-0.15, -0.1) is 0 Å². The maximum Gasteiger partial charge on any atom is 0.167 e. The molecule has 2 heterocycles. The molecule has 0 bridgehead atoms. The molecule has 0 saturated heterocycles. The molecule has 28 heavy (non-hydrogen) atoms. The minimum atomic E-state index is -0.0895. The van der Waals surface area contributed by atoms with Gasteiger partial charge in [0, 0.05) is 16.6 Å².